The van der Waals surface area contributed by atoms with Crippen molar-refractivity contribution >= 4 is 11.3 Å². The van der Waals surface area contributed by atoms with Gasteiger partial charge in [0.1, 0.15) is 18.1 Å². The first kappa shape index (κ1) is 29.3. The van der Waals surface area contributed by atoms with Gasteiger partial charge in [0.05, 0.1) is 12.2 Å². The molecule has 8 aromatic heterocycles. The van der Waals surface area contributed by atoms with Crippen LogP contribution in [0.4, 0.5) is 0 Å². The fourth-order valence-electron chi connectivity index (χ4n) is 7.26. The molecule has 2 saturated carbocycles. The number of rotatable bonds is 7. The van der Waals surface area contributed by atoms with Crippen LogP contribution in [0.3, 0.4) is 0 Å². The van der Waals surface area contributed by atoms with E-state index in [1.54, 1.807) is 50.9 Å². The molecule has 10 rings (SSSR count). The summed E-state index contributed by atoms with van der Waals surface area (Å²) in [5.41, 5.74) is 7.62. The van der Waals surface area contributed by atoms with Crippen molar-refractivity contribution < 1.29 is 4.68 Å². The van der Waals surface area contributed by atoms with Crippen LogP contribution in [0.15, 0.2) is 77.5 Å². The number of H-pyrrole nitrogens is 2. The van der Waals surface area contributed by atoms with E-state index in [0.29, 0.717) is 40.9 Å². The van der Waals surface area contributed by atoms with Gasteiger partial charge in [-0.1, -0.05) is 9.97 Å². The molecule has 51 heavy (non-hydrogen) atoms. The molecule has 16 nitrogen and oxygen atoms in total. The lowest BCUT2D eigenvalue weighted by molar-refractivity contribution is -0.662. The molecule has 8 heterocycles. The number of aromatic nitrogens is 14. The van der Waals surface area contributed by atoms with E-state index in [1.807, 2.05) is 56.3 Å². The molecule has 16 heteroatoms. The zero-order valence-electron chi connectivity index (χ0n) is 27.9. The van der Waals surface area contributed by atoms with Gasteiger partial charge < -0.3 is 0 Å². The molecular weight excluding hydrogens is 648 g/mol. The fourth-order valence-corrected chi connectivity index (χ4v) is 7.26. The third-order valence-corrected chi connectivity index (χ3v) is 9.95. The van der Waals surface area contributed by atoms with Crippen LogP contribution in [0.5, 0.6) is 0 Å². The van der Waals surface area contributed by atoms with E-state index in [4.69, 9.17) is 9.97 Å². The second-order valence-corrected chi connectivity index (χ2v) is 13.4. The molecule has 2 fully saturated rings. The Morgan fingerprint density at radius 1 is 0.843 bits per heavy atom. The van der Waals surface area contributed by atoms with Gasteiger partial charge in [-0.05, 0) is 52.0 Å². The summed E-state index contributed by atoms with van der Waals surface area (Å²) in [4.78, 5) is 55.8. The van der Waals surface area contributed by atoms with Gasteiger partial charge in [0, 0.05) is 93.9 Å². The zero-order chi connectivity index (χ0) is 34.5. The molecule has 2 aliphatic rings. The monoisotopic (exact) mass is 679 g/mol. The predicted octanol–water partition coefficient (Wildman–Crippen LogP) is 3.07. The van der Waals surface area contributed by atoms with Crippen LogP contribution < -0.4 is 15.8 Å². The van der Waals surface area contributed by atoms with E-state index in [9.17, 15) is 9.59 Å². The number of hydrogen-bond acceptors (Lipinski definition) is 9. The molecule has 0 aromatic carbocycles. The zero-order valence-corrected chi connectivity index (χ0v) is 27.9. The van der Waals surface area contributed by atoms with Gasteiger partial charge in [0.2, 0.25) is 5.95 Å². The largest absolute Gasteiger partial charge is 0.455 e. The molecule has 0 bridgehead atoms. The van der Waals surface area contributed by atoms with E-state index in [1.165, 1.54) is 4.52 Å². The van der Waals surface area contributed by atoms with Crippen molar-refractivity contribution in [2.45, 2.75) is 57.9 Å². The number of aryl methyl sites for hydroxylation is 3. The van der Waals surface area contributed by atoms with Crippen molar-refractivity contribution in [2.24, 2.45) is 0 Å². The third-order valence-electron chi connectivity index (χ3n) is 9.95. The molecular formula is C35H31N14O2+. The number of nitrogens with zero attached hydrogens (tertiary/aromatic N) is 12. The molecule has 0 spiro atoms. The Bertz CT molecular complexity index is 2800. The van der Waals surface area contributed by atoms with Crippen LogP contribution in [0.25, 0.3) is 45.4 Å². The highest BCUT2D eigenvalue weighted by molar-refractivity contribution is 5.77. The van der Waals surface area contributed by atoms with E-state index in [2.05, 4.69) is 35.2 Å². The summed E-state index contributed by atoms with van der Waals surface area (Å²) >= 11 is 0. The van der Waals surface area contributed by atoms with Gasteiger partial charge in [0.25, 0.3) is 11.1 Å². The predicted molar refractivity (Wildman–Crippen MR) is 183 cm³/mol. The van der Waals surface area contributed by atoms with Crippen molar-refractivity contribution in [1.82, 2.24) is 63.6 Å². The first-order valence-corrected chi connectivity index (χ1v) is 16.8. The highest BCUT2D eigenvalue weighted by Crippen LogP contribution is 2.52. The summed E-state index contributed by atoms with van der Waals surface area (Å²) in [6.45, 7) is 5.71. The van der Waals surface area contributed by atoms with E-state index in [0.717, 1.165) is 52.0 Å². The van der Waals surface area contributed by atoms with Gasteiger partial charge in [-0.15, -0.1) is 4.68 Å². The summed E-state index contributed by atoms with van der Waals surface area (Å²) < 4.78 is 8.50. The summed E-state index contributed by atoms with van der Waals surface area (Å²) in [6, 6.07) is 3.44. The second kappa shape index (κ2) is 10.7. The maximum absolute atomic E-state index is 14.2. The van der Waals surface area contributed by atoms with E-state index >= 15 is 0 Å². The third kappa shape index (κ3) is 4.59. The highest BCUT2D eigenvalue weighted by atomic mass is 16.1. The normalized spacial score (nSPS) is 17.2. The Balaban J connectivity index is 1.05. The molecule has 2 unspecified atom stereocenters. The van der Waals surface area contributed by atoms with Crippen molar-refractivity contribution in [3.63, 3.8) is 0 Å². The van der Waals surface area contributed by atoms with Gasteiger partial charge in [-0.2, -0.15) is 9.61 Å². The minimum absolute atomic E-state index is 0.0557. The average molecular weight is 680 g/mol. The van der Waals surface area contributed by atoms with Crippen LogP contribution in [-0.2, 0) is 0 Å². The van der Waals surface area contributed by atoms with Gasteiger partial charge >= 0.3 is 5.95 Å². The molecule has 0 aliphatic heterocycles. The maximum Gasteiger partial charge on any atom is 0.455 e. The van der Waals surface area contributed by atoms with Crippen LogP contribution >= 0.6 is 0 Å². The van der Waals surface area contributed by atoms with Crippen LogP contribution in [0.2, 0.25) is 0 Å². The molecule has 0 amide bonds. The quantitative estimate of drug-likeness (QED) is 0.240. The Hall–Kier alpha value is -6.58. The van der Waals surface area contributed by atoms with Crippen LogP contribution in [0, 0.1) is 20.8 Å². The minimum atomic E-state index is -0.170. The molecule has 2 atom stereocenters. The SMILES string of the molecule is Cc1ccnc(-[n+]2cc(-c3cn(C4CC4c4c(C)nc5c(-c6cnn(-c7ncccn7)c6)c[nH]n5c4=O)n4c(=O)c(C5CC5)c(C)nc34)c[nH]2)n1. The lowest BCUT2D eigenvalue weighted by atomic mass is 10.1. The van der Waals surface area contributed by atoms with Gasteiger partial charge in [0.15, 0.2) is 11.3 Å². The fraction of sp³-hybridized carbons (Fsp3) is 0.257. The number of nitrogens with one attached hydrogen (secondary N) is 2. The smallest absolute Gasteiger partial charge is 0.296 e. The lowest BCUT2D eigenvalue weighted by Crippen LogP contribution is -2.34. The van der Waals surface area contributed by atoms with Crippen molar-refractivity contribution in [1.29, 1.82) is 0 Å². The summed E-state index contributed by atoms with van der Waals surface area (Å²) in [6.07, 6.45) is 18.7. The Kier molecular flexibility index (Phi) is 6.16. The molecule has 2 N–H and O–H groups in total. The van der Waals surface area contributed by atoms with Crippen molar-refractivity contribution in [2.75, 3.05) is 0 Å². The topological polar surface area (TPSA) is 179 Å². The summed E-state index contributed by atoms with van der Waals surface area (Å²) in [5, 5.41) is 10.7. The van der Waals surface area contributed by atoms with E-state index < -0.39 is 0 Å². The molecule has 252 valence electrons. The van der Waals surface area contributed by atoms with Crippen LogP contribution in [0.1, 0.15) is 65.3 Å². The van der Waals surface area contributed by atoms with E-state index in [-0.39, 0.29) is 29.0 Å². The van der Waals surface area contributed by atoms with Crippen molar-refractivity contribution in [3.8, 4) is 34.2 Å². The first-order valence-electron chi connectivity index (χ1n) is 16.8. The highest BCUT2D eigenvalue weighted by Gasteiger charge is 2.45. The second-order valence-electron chi connectivity index (χ2n) is 13.4. The Labute approximate surface area is 288 Å². The number of aromatic amines is 2. The number of hydrogen-bond donors (Lipinski definition) is 2. The summed E-state index contributed by atoms with van der Waals surface area (Å²) in [5.74, 6) is 1.03. The van der Waals surface area contributed by atoms with Crippen LogP contribution in [-0.4, -0.2) is 63.6 Å². The van der Waals surface area contributed by atoms with Gasteiger partial charge in [-0.25, -0.2) is 29.1 Å². The molecule has 8 aromatic rings. The Morgan fingerprint density at radius 2 is 1.65 bits per heavy atom. The summed E-state index contributed by atoms with van der Waals surface area (Å²) in [7, 11) is 0. The minimum Gasteiger partial charge on any atom is -0.296 e. The number of fused-ring (bicyclic) bond motifs is 2. The first-order chi connectivity index (χ1) is 24.8. The molecule has 2 aliphatic carbocycles. The average Bonchev–Trinajstić information content (AvgIpc) is 3.83. The van der Waals surface area contributed by atoms with Gasteiger partial charge in [-0.3, -0.25) is 24.5 Å². The maximum atomic E-state index is 14.2. The lowest BCUT2D eigenvalue weighted by Gasteiger charge is -2.10. The standard InChI is InChI=1S/C35H30N14O2/c1-18-7-10-38-35(42-18)46-16-23(13-40-46)26-17-47(49-31(26)44-19(2)28(33(49)51)21-5-6-21)27-11-24(27)29-20(3)43-30-25(14-41-48(30)32(29)50)22-12-39-45(15-22)34-36-8-4-9-37-34/h4,7-10,12-17,21,24,27H,5-6,11H2,1-3H3,(H,41,43,50)/p+1. The molecule has 0 radical (unpaired) electrons. The van der Waals surface area contributed by atoms with Crippen molar-refractivity contribution in [3.05, 3.63) is 117 Å². The molecule has 0 saturated heterocycles. The Morgan fingerprint density at radius 3 is 2.45 bits per heavy atom.